The van der Waals surface area contributed by atoms with Gasteiger partial charge in [-0.05, 0) is 85.1 Å². The quantitative estimate of drug-likeness (QED) is 0.176. The van der Waals surface area contributed by atoms with Gasteiger partial charge in [-0.25, -0.2) is 0 Å². The van der Waals surface area contributed by atoms with Crippen molar-refractivity contribution in [1.82, 2.24) is 0 Å². The second-order valence-electron chi connectivity index (χ2n) is 15.5. The fraction of sp³-hybridized carbons (Fsp3) is 0.400. The minimum atomic E-state index is -0.414. The van der Waals surface area contributed by atoms with Crippen LogP contribution in [-0.2, 0) is 4.79 Å². The van der Waals surface area contributed by atoms with E-state index in [1.807, 2.05) is 12.1 Å². The summed E-state index contributed by atoms with van der Waals surface area (Å²) in [5.41, 5.74) is 3.94. The maximum Gasteiger partial charge on any atom is 0.201 e. The van der Waals surface area contributed by atoms with Gasteiger partial charge in [0, 0.05) is 32.9 Å². The Morgan fingerprint density at radius 1 is 0.696 bits per heavy atom. The van der Waals surface area contributed by atoms with Crippen molar-refractivity contribution in [2.75, 3.05) is 16.0 Å². The van der Waals surface area contributed by atoms with Gasteiger partial charge in [0.05, 0.1) is 22.2 Å². The first-order chi connectivity index (χ1) is 22.1. The predicted octanol–water partition coefficient (Wildman–Crippen LogP) is 7.88. The number of hydrogen-bond acceptors (Lipinski definition) is 6. The Bertz CT molecular complexity index is 2140. The zero-order valence-electron chi connectivity index (χ0n) is 27.1. The van der Waals surface area contributed by atoms with Crippen LogP contribution in [0.25, 0.3) is 32.7 Å². The number of carbonyl (C=O) groups excluding carboxylic acids is 1. The average Bonchev–Trinajstić information content (AvgIpc) is 2.98. The van der Waals surface area contributed by atoms with Crippen LogP contribution in [0.4, 0.5) is 17.1 Å². The molecule has 234 valence electrons. The van der Waals surface area contributed by atoms with Crippen LogP contribution in [0, 0.1) is 23.7 Å². The van der Waals surface area contributed by atoms with Crippen molar-refractivity contribution in [1.29, 1.82) is 0 Å². The Kier molecular flexibility index (Phi) is 5.83. The third-order valence-corrected chi connectivity index (χ3v) is 11.3. The van der Waals surface area contributed by atoms with Crippen LogP contribution in [0.3, 0.4) is 0 Å². The van der Waals surface area contributed by atoms with E-state index < -0.39 is 5.66 Å². The number of allylic oxidation sites excluding steroid dienone is 2. The van der Waals surface area contributed by atoms with E-state index in [0.717, 1.165) is 80.4 Å². The lowest BCUT2D eigenvalue weighted by atomic mass is 9.74. The minimum Gasteiger partial charge on any atom is -0.506 e. The molecular formula is C40H42N4O2. The molecule has 0 bridgehead atoms. The summed E-state index contributed by atoms with van der Waals surface area (Å²) in [6.45, 7) is 9.28. The van der Waals surface area contributed by atoms with E-state index >= 15 is 0 Å². The van der Waals surface area contributed by atoms with E-state index in [1.54, 1.807) is 0 Å². The van der Waals surface area contributed by atoms with Gasteiger partial charge in [-0.2, -0.15) is 0 Å². The number of nitrogens with one attached hydrogen (secondary N) is 3. The van der Waals surface area contributed by atoms with Crippen LogP contribution in [-0.4, -0.2) is 22.2 Å². The molecule has 3 aliphatic carbocycles. The molecule has 4 atom stereocenters. The van der Waals surface area contributed by atoms with Crippen LogP contribution in [0.5, 0.6) is 0 Å². The van der Waals surface area contributed by atoms with Crippen LogP contribution < -0.4 is 26.5 Å². The number of hydrogen-bond donors (Lipinski definition) is 4. The molecule has 4 aromatic carbocycles. The highest BCUT2D eigenvalue weighted by Crippen LogP contribution is 2.50. The second-order valence-corrected chi connectivity index (χ2v) is 15.5. The zero-order valence-corrected chi connectivity index (χ0v) is 27.1. The number of rotatable bonds is 1. The largest absolute Gasteiger partial charge is 0.506 e. The first kappa shape index (κ1) is 27.9. The molecule has 5 aliphatic rings. The van der Waals surface area contributed by atoms with Crippen molar-refractivity contribution in [2.45, 2.75) is 77.5 Å². The number of benzene rings is 4. The third kappa shape index (κ3) is 4.01. The summed E-state index contributed by atoms with van der Waals surface area (Å²) < 4.78 is 0. The van der Waals surface area contributed by atoms with E-state index in [-0.39, 0.29) is 17.2 Å². The number of nitrogens with zero attached hydrogens (tertiary/aromatic N) is 1. The molecule has 0 saturated heterocycles. The van der Waals surface area contributed by atoms with Gasteiger partial charge in [-0.1, -0.05) is 76.2 Å². The number of aliphatic hydroxyl groups excluding tert-OH is 1. The lowest BCUT2D eigenvalue weighted by molar-refractivity contribution is -0.109. The smallest absolute Gasteiger partial charge is 0.201 e. The fourth-order valence-corrected chi connectivity index (χ4v) is 10.1. The Balaban J connectivity index is 1.25. The molecule has 0 aromatic heterocycles. The summed E-state index contributed by atoms with van der Waals surface area (Å²) in [4.78, 5) is 19.8. The van der Waals surface area contributed by atoms with Gasteiger partial charge >= 0.3 is 0 Å². The van der Waals surface area contributed by atoms with Crippen LogP contribution in [0.15, 0.2) is 71.4 Å². The van der Waals surface area contributed by atoms with Crippen molar-refractivity contribution in [2.24, 2.45) is 28.7 Å². The molecule has 2 heterocycles. The van der Waals surface area contributed by atoms with E-state index in [1.165, 1.54) is 12.8 Å². The Morgan fingerprint density at radius 3 is 1.98 bits per heavy atom. The predicted molar refractivity (Wildman–Crippen MR) is 187 cm³/mol. The second kappa shape index (κ2) is 9.60. The minimum absolute atomic E-state index is 0.0686. The number of ketones is 1. The van der Waals surface area contributed by atoms with Gasteiger partial charge in [-0.3, -0.25) is 9.79 Å². The monoisotopic (exact) mass is 610 g/mol. The molecule has 9 rings (SSSR count). The highest BCUT2D eigenvalue weighted by atomic mass is 16.3. The molecule has 2 aliphatic heterocycles. The first-order valence-electron chi connectivity index (χ1n) is 17.2. The molecule has 2 saturated carbocycles. The molecule has 46 heavy (non-hydrogen) atoms. The highest BCUT2D eigenvalue weighted by Gasteiger charge is 2.44. The van der Waals surface area contributed by atoms with Crippen LogP contribution in [0.1, 0.15) is 71.8 Å². The molecule has 4 N–H and O–H groups in total. The maximum atomic E-state index is 14.4. The normalized spacial score (nSPS) is 32.6. The van der Waals surface area contributed by atoms with Gasteiger partial charge in [0.1, 0.15) is 17.1 Å². The molecule has 0 radical (unpaired) electrons. The maximum absolute atomic E-state index is 14.4. The van der Waals surface area contributed by atoms with Crippen molar-refractivity contribution >= 4 is 55.5 Å². The van der Waals surface area contributed by atoms with E-state index in [2.05, 4.69) is 92.2 Å². The third-order valence-electron chi connectivity index (χ3n) is 11.3. The van der Waals surface area contributed by atoms with Gasteiger partial charge in [-0.15, -0.1) is 0 Å². The molecule has 2 spiro atoms. The molecule has 6 heteroatoms. The van der Waals surface area contributed by atoms with Gasteiger partial charge < -0.3 is 21.1 Å². The summed E-state index contributed by atoms with van der Waals surface area (Å²) in [5, 5.41) is 29.4. The summed E-state index contributed by atoms with van der Waals surface area (Å²) in [5.74, 6) is 2.18. The molecule has 4 aromatic rings. The topological polar surface area (TPSA) is 85.8 Å². The van der Waals surface area contributed by atoms with E-state index in [9.17, 15) is 9.90 Å². The fourth-order valence-electron chi connectivity index (χ4n) is 10.1. The van der Waals surface area contributed by atoms with Crippen LogP contribution >= 0.6 is 0 Å². The van der Waals surface area contributed by atoms with Gasteiger partial charge in [0.25, 0.3) is 0 Å². The van der Waals surface area contributed by atoms with Crippen molar-refractivity contribution in [3.63, 3.8) is 0 Å². The summed E-state index contributed by atoms with van der Waals surface area (Å²) in [7, 11) is 0. The standard InChI is InChI=1S/C40H42N4O2/c1-21-15-22(2)18-39(17-21)41-29-9-5-7-25-11-13-27(35(43-39)31(25)29)33-37(45)34(38(33)46)28-14-12-26-8-6-10-30-32(26)36(28)44-40(42-30)19-23(3)16-24(4)20-40/h5-14,21-24,41-43,45H,15-20H2,1-4H3/b34-28+. The number of carbonyl (C=O) groups is 1. The Hall–Kier alpha value is -4.32. The number of aliphatic hydroxyl groups is 1. The molecular weight excluding hydrogens is 568 g/mol. The van der Waals surface area contributed by atoms with E-state index in [4.69, 9.17) is 4.99 Å². The highest BCUT2D eigenvalue weighted by molar-refractivity contribution is 6.52. The number of Topliss-reactive ketones (excluding diaryl/α,β-unsaturated/α-hetero) is 1. The van der Waals surface area contributed by atoms with Crippen LogP contribution in [0.2, 0.25) is 0 Å². The SMILES string of the molecule is CC1CC(C)CC2(C1)N=c1/c(=C3/C(=O)C(c4ccc5cccc6c5c4NC4(CC(C)CC(C)C4)N6)=C3O)ccc3cccc(c13)N2. The molecule has 6 nitrogen and oxygen atoms in total. The lowest BCUT2D eigenvalue weighted by Crippen LogP contribution is -2.53. The Labute approximate surface area is 269 Å². The lowest BCUT2D eigenvalue weighted by Gasteiger charge is -2.48. The van der Waals surface area contributed by atoms with Crippen molar-refractivity contribution in [3.8, 4) is 0 Å². The molecule has 4 unspecified atom stereocenters. The summed E-state index contributed by atoms with van der Waals surface area (Å²) >= 11 is 0. The van der Waals surface area contributed by atoms with Crippen molar-refractivity contribution in [3.05, 3.63) is 82.6 Å². The Morgan fingerprint density at radius 2 is 1.30 bits per heavy atom. The van der Waals surface area contributed by atoms with Gasteiger partial charge in [0.2, 0.25) is 5.78 Å². The van der Waals surface area contributed by atoms with E-state index in [0.29, 0.717) is 34.8 Å². The molecule has 2 fully saturated rings. The number of anilines is 3. The summed E-state index contributed by atoms with van der Waals surface area (Å²) in [6.07, 6.45) is 6.28. The molecule has 0 amide bonds. The first-order valence-corrected chi connectivity index (χ1v) is 17.2. The zero-order chi connectivity index (χ0) is 31.5. The van der Waals surface area contributed by atoms with Gasteiger partial charge in [0.15, 0.2) is 0 Å². The summed E-state index contributed by atoms with van der Waals surface area (Å²) in [6, 6.07) is 20.8. The average molecular weight is 611 g/mol. The van der Waals surface area contributed by atoms with Crippen molar-refractivity contribution < 1.29 is 9.90 Å².